The van der Waals surface area contributed by atoms with Gasteiger partial charge in [0.05, 0.1) is 27.6 Å². The van der Waals surface area contributed by atoms with Crippen molar-refractivity contribution in [2.45, 2.75) is 13.1 Å². The third-order valence-corrected chi connectivity index (χ3v) is 7.93. The highest BCUT2D eigenvalue weighted by Crippen LogP contribution is 2.40. The summed E-state index contributed by atoms with van der Waals surface area (Å²) in [5, 5.41) is 11.9. The molecule has 1 heterocycles. The van der Waals surface area contributed by atoms with Crippen molar-refractivity contribution in [1.82, 2.24) is 9.78 Å². The number of rotatable bonds is 5. The number of nitrogens with zero attached hydrogens (tertiary/aromatic N) is 4. The van der Waals surface area contributed by atoms with Gasteiger partial charge in [-0.05, 0) is 19.1 Å². The molecular formula is C14H12Cl2F3N5O4S2. The fraction of sp³-hybridized carbons (Fsp3) is 0.286. The minimum atomic E-state index is -4.77. The van der Waals surface area contributed by atoms with E-state index >= 15 is 0 Å². The highest BCUT2D eigenvalue weighted by atomic mass is 35.5. The van der Waals surface area contributed by atoms with Gasteiger partial charge >= 0.3 is 6.18 Å². The van der Waals surface area contributed by atoms with E-state index in [1.165, 1.54) is 6.07 Å². The van der Waals surface area contributed by atoms with Gasteiger partial charge in [-0.3, -0.25) is 0 Å². The van der Waals surface area contributed by atoms with Crippen LogP contribution in [0, 0.1) is 11.3 Å². The van der Waals surface area contributed by atoms with E-state index in [-0.39, 0.29) is 3.71 Å². The standard InChI is InChI=1S/C14H12Cl2F3N5O4S2/c1-3-30(27,28)24(29(2,25)26)12-10(6-20)22-23(13(12)21)11-8(15)4-7(5-9(11)16)14(17,18)19/h4-5H,3,21H2,1-2H3. The maximum absolute atomic E-state index is 12.9. The first kappa shape index (κ1) is 24.1. The molecule has 16 heteroatoms. The highest BCUT2D eigenvalue weighted by Gasteiger charge is 2.37. The van der Waals surface area contributed by atoms with Gasteiger partial charge in [-0.1, -0.05) is 23.2 Å². The van der Waals surface area contributed by atoms with E-state index in [0.29, 0.717) is 23.1 Å². The maximum atomic E-state index is 12.9. The Morgan fingerprint density at radius 1 is 1.23 bits per heavy atom. The quantitative estimate of drug-likeness (QED) is 0.658. The van der Waals surface area contributed by atoms with Crippen molar-refractivity contribution in [2.75, 3.05) is 21.5 Å². The molecule has 2 aromatic rings. The van der Waals surface area contributed by atoms with Gasteiger partial charge in [-0.2, -0.15) is 27.2 Å². The first-order valence-electron chi connectivity index (χ1n) is 7.64. The van der Waals surface area contributed by atoms with Crippen LogP contribution in [0.4, 0.5) is 24.7 Å². The van der Waals surface area contributed by atoms with Crippen molar-refractivity contribution in [3.8, 4) is 11.8 Å². The number of anilines is 2. The number of nitrogens with two attached hydrogens (primary N) is 1. The number of hydrogen-bond acceptors (Lipinski definition) is 7. The summed E-state index contributed by atoms with van der Waals surface area (Å²) in [4.78, 5) is 0. The smallest absolute Gasteiger partial charge is 0.382 e. The molecule has 0 bridgehead atoms. The van der Waals surface area contributed by atoms with Crippen LogP contribution in [0.2, 0.25) is 10.0 Å². The van der Waals surface area contributed by atoms with Crippen molar-refractivity contribution in [3.63, 3.8) is 0 Å². The minimum Gasteiger partial charge on any atom is -0.382 e. The molecule has 1 aromatic carbocycles. The molecule has 0 aliphatic rings. The lowest BCUT2D eigenvalue weighted by molar-refractivity contribution is -0.137. The van der Waals surface area contributed by atoms with E-state index in [9.17, 15) is 35.3 Å². The summed E-state index contributed by atoms with van der Waals surface area (Å²) in [5.41, 5.74) is 2.74. The van der Waals surface area contributed by atoms with E-state index < -0.39 is 70.5 Å². The first-order chi connectivity index (χ1) is 13.6. The monoisotopic (exact) mass is 505 g/mol. The molecule has 9 nitrogen and oxygen atoms in total. The molecule has 0 aliphatic heterocycles. The van der Waals surface area contributed by atoms with Gasteiger partial charge in [0, 0.05) is 0 Å². The number of nitrogen functional groups attached to an aromatic ring is 1. The van der Waals surface area contributed by atoms with Gasteiger partial charge < -0.3 is 5.73 Å². The number of halogens is 5. The third-order valence-electron chi connectivity index (χ3n) is 3.66. The Hall–Kier alpha value is -2.21. The van der Waals surface area contributed by atoms with Crippen molar-refractivity contribution >= 4 is 54.8 Å². The normalized spacial score (nSPS) is 12.6. The summed E-state index contributed by atoms with van der Waals surface area (Å²) in [6.45, 7) is 1.16. The van der Waals surface area contributed by atoms with Gasteiger partial charge in [-0.15, -0.1) is 0 Å². The Balaban J connectivity index is 2.90. The molecule has 164 valence electrons. The molecule has 2 N–H and O–H groups in total. The predicted octanol–water partition coefficient (Wildman–Crippen LogP) is 2.77. The van der Waals surface area contributed by atoms with Crippen LogP contribution in [0.15, 0.2) is 12.1 Å². The molecule has 2 rings (SSSR count). The molecule has 0 unspecified atom stereocenters. The number of aromatic nitrogens is 2. The molecule has 1 aromatic heterocycles. The summed E-state index contributed by atoms with van der Waals surface area (Å²) >= 11 is 11.8. The van der Waals surface area contributed by atoms with Crippen LogP contribution in [-0.2, 0) is 26.2 Å². The van der Waals surface area contributed by atoms with Gasteiger partial charge in [0.15, 0.2) is 11.5 Å². The molecule has 0 atom stereocenters. The van der Waals surface area contributed by atoms with Crippen LogP contribution in [0.3, 0.4) is 0 Å². The lowest BCUT2D eigenvalue weighted by atomic mass is 10.2. The van der Waals surface area contributed by atoms with Crippen molar-refractivity contribution in [2.24, 2.45) is 0 Å². The topological polar surface area (TPSA) is 139 Å². The zero-order chi connectivity index (χ0) is 23.2. The summed E-state index contributed by atoms with van der Waals surface area (Å²) in [6, 6.07) is 2.54. The van der Waals surface area contributed by atoms with E-state index in [2.05, 4.69) is 5.10 Å². The van der Waals surface area contributed by atoms with Crippen LogP contribution >= 0.6 is 23.2 Å². The predicted molar refractivity (Wildman–Crippen MR) is 104 cm³/mol. The average Bonchev–Trinajstić information content (AvgIpc) is 2.89. The molecule has 30 heavy (non-hydrogen) atoms. The Labute approximate surface area is 179 Å². The number of benzene rings is 1. The lowest BCUT2D eigenvalue weighted by Gasteiger charge is -2.21. The van der Waals surface area contributed by atoms with E-state index in [0.717, 1.165) is 6.92 Å². The molecule has 0 spiro atoms. The van der Waals surface area contributed by atoms with Gasteiger partial charge in [0.1, 0.15) is 17.4 Å². The van der Waals surface area contributed by atoms with Crippen molar-refractivity contribution < 1.29 is 30.0 Å². The second-order valence-electron chi connectivity index (χ2n) is 5.75. The number of nitriles is 1. The Morgan fingerprint density at radius 3 is 2.10 bits per heavy atom. The lowest BCUT2D eigenvalue weighted by Crippen LogP contribution is -2.38. The third kappa shape index (κ3) is 4.29. The SMILES string of the molecule is CCS(=O)(=O)N(c1c(C#N)nn(-c2c(Cl)cc(C(F)(F)F)cc2Cl)c1N)S(C)(=O)=O. The fourth-order valence-electron chi connectivity index (χ4n) is 2.41. The molecular weight excluding hydrogens is 494 g/mol. The maximum Gasteiger partial charge on any atom is 0.416 e. The van der Waals surface area contributed by atoms with Crippen LogP contribution in [0.1, 0.15) is 18.2 Å². The zero-order valence-electron chi connectivity index (χ0n) is 15.1. The molecule has 0 saturated carbocycles. The number of sulfonamides is 2. The molecule has 0 fully saturated rings. The molecule has 0 radical (unpaired) electrons. The van der Waals surface area contributed by atoms with Crippen molar-refractivity contribution in [1.29, 1.82) is 5.26 Å². The van der Waals surface area contributed by atoms with E-state index in [1.54, 1.807) is 0 Å². The van der Waals surface area contributed by atoms with Gasteiger partial charge in [0.2, 0.25) is 20.0 Å². The van der Waals surface area contributed by atoms with Gasteiger partial charge in [0.25, 0.3) is 0 Å². The van der Waals surface area contributed by atoms with Crippen LogP contribution in [-0.4, -0.2) is 38.6 Å². The zero-order valence-corrected chi connectivity index (χ0v) is 18.2. The minimum absolute atomic E-state index is 0.0662. The van der Waals surface area contributed by atoms with E-state index in [4.69, 9.17) is 28.9 Å². The summed E-state index contributed by atoms with van der Waals surface area (Å²) < 4.78 is 88.4. The number of alkyl halides is 3. The second kappa shape index (κ2) is 7.80. The summed E-state index contributed by atoms with van der Waals surface area (Å²) in [6.07, 6.45) is -4.21. The second-order valence-corrected chi connectivity index (χ2v) is 10.7. The highest BCUT2D eigenvalue weighted by molar-refractivity contribution is 8.09. The Kier molecular flexibility index (Phi) is 6.26. The van der Waals surface area contributed by atoms with Crippen LogP contribution in [0.25, 0.3) is 5.69 Å². The van der Waals surface area contributed by atoms with Gasteiger partial charge in [-0.25, -0.2) is 21.5 Å². The summed E-state index contributed by atoms with van der Waals surface area (Å²) in [5.74, 6) is -1.37. The van der Waals surface area contributed by atoms with Crippen molar-refractivity contribution in [3.05, 3.63) is 33.4 Å². The Morgan fingerprint density at radius 2 is 1.73 bits per heavy atom. The first-order valence-corrected chi connectivity index (χ1v) is 11.9. The van der Waals surface area contributed by atoms with E-state index in [1.807, 2.05) is 0 Å². The largest absolute Gasteiger partial charge is 0.416 e. The summed E-state index contributed by atoms with van der Waals surface area (Å²) in [7, 11) is -9.01. The molecule has 0 amide bonds. The average molecular weight is 506 g/mol. The number of hydrogen-bond donors (Lipinski definition) is 1. The fourth-order valence-corrected chi connectivity index (χ4v) is 6.23. The molecule has 0 aliphatic carbocycles. The van der Waals surface area contributed by atoms with Crippen LogP contribution < -0.4 is 9.44 Å². The molecule has 0 saturated heterocycles. The van der Waals surface area contributed by atoms with Crippen LogP contribution in [0.5, 0.6) is 0 Å². The Bertz CT molecular complexity index is 1240.